The number of rotatable bonds is 4. The van der Waals surface area contributed by atoms with E-state index < -0.39 is 11.6 Å². The van der Waals surface area contributed by atoms with Gasteiger partial charge in [-0.15, -0.1) is 0 Å². The molecular weight excluding hydrogens is 286 g/mol. The minimum Gasteiger partial charge on any atom is -0.487 e. The maximum atomic E-state index is 13.1. The second-order valence-electron chi connectivity index (χ2n) is 4.08. The number of benzene rings is 2. The molecule has 0 atom stereocenters. The molecule has 0 aromatic heterocycles. The molecule has 3 N–H and O–H groups in total. The molecular formula is C14H11ClF2N2O. The van der Waals surface area contributed by atoms with E-state index in [1.165, 1.54) is 24.3 Å². The van der Waals surface area contributed by atoms with Gasteiger partial charge in [0.25, 0.3) is 0 Å². The van der Waals surface area contributed by atoms with E-state index in [-0.39, 0.29) is 23.0 Å². The molecule has 0 aliphatic carbocycles. The first-order valence-corrected chi connectivity index (χ1v) is 6.06. The summed E-state index contributed by atoms with van der Waals surface area (Å²) in [6.07, 6.45) is 0. The van der Waals surface area contributed by atoms with E-state index in [1.807, 2.05) is 0 Å². The van der Waals surface area contributed by atoms with Crippen molar-refractivity contribution >= 4 is 17.4 Å². The van der Waals surface area contributed by atoms with Gasteiger partial charge in [-0.3, -0.25) is 5.41 Å². The van der Waals surface area contributed by atoms with Crippen molar-refractivity contribution in [2.75, 3.05) is 0 Å². The Morgan fingerprint density at radius 1 is 1.15 bits per heavy atom. The molecule has 2 rings (SSSR count). The summed E-state index contributed by atoms with van der Waals surface area (Å²) in [5, 5.41) is 7.54. The quantitative estimate of drug-likeness (QED) is 0.670. The highest BCUT2D eigenvalue weighted by molar-refractivity contribution is 6.32. The van der Waals surface area contributed by atoms with E-state index in [2.05, 4.69) is 0 Å². The normalized spacial score (nSPS) is 10.3. The van der Waals surface area contributed by atoms with Crippen molar-refractivity contribution < 1.29 is 13.5 Å². The van der Waals surface area contributed by atoms with Crippen LogP contribution in [0, 0.1) is 17.0 Å². The average Bonchev–Trinajstić information content (AvgIpc) is 2.38. The zero-order valence-electron chi connectivity index (χ0n) is 10.3. The maximum absolute atomic E-state index is 13.1. The van der Waals surface area contributed by atoms with Gasteiger partial charge in [0, 0.05) is 11.1 Å². The third kappa shape index (κ3) is 3.24. The van der Waals surface area contributed by atoms with E-state index in [4.69, 9.17) is 27.5 Å². The smallest absolute Gasteiger partial charge is 0.138 e. The second-order valence-corrected chi connectivity index (χ2v) is 4.49. The molecule has 0 heterocycles. The first kappa shape index (κ1) is 14.3. The van der Waals surface area contributed by atoms with Gasteiger partial charge in [-0.25, -0.2) is 8.78 Å². The van der Waals surface area contributed by atoms with Crippen molar-refractivity contribution in [3.8, 4) is 5.75 Å². The summed E-state index contributed by atoms with van der Waals surface area (Å²) in [6, 6.07) is 7.63. The van der Waals surface area contributed by atoms with Crippen LogP contribution in [0.3, 0.4) is 0 Å². The molecule has 6 heteroatoms. The van der Waals surface area contributed by atoms with Crippen LogP contribution in [0.5, 0.6) is 5.75 Å². The zero-order chi connectivity index (χ0) is 14.7. The Kier molecular flexibility index (Phi) is 4.20. The van der Waals surface area contributed by atoms with Crippen LogP contribution in [0.25, 0.3) is 0 Å². The minimum absolute atomic E-state index is 0.0422. The fourth-order valence-electron chi connectivity index (χ4n) is 1.67. The molecule has 104 valence electrons. The Hall–Kier alpha value is -2.14. The van der Waals surface area contributed by atoms with Crippen molar-refractivity contribution in [3.63, 3.8) is 0 Å². The summed E-state index contributed by atoms with van der Waals surface area (Å²) in [5.74, 6) is -0.910. The van der Waals surface area contributed by atoms with Crippen molar-refractivity contribution in [1.82, 2.24) is 0 Å². The Bertz CT molecular complexity index is 662. The van der Waals surface area contributed by atoms with E-state index in [0.717, 1.165) is 12.1 Å². The highest BCUT2D eigenvalue weighted by atomic mass is 35.5. The van der Waals surface area contributed by atoms with Crippen LogP contribution in [-0.4, -0.2) is 5.84 Å². The first-order chi connectivity index (χ1) is 9.47. The molecule has 2 aromatic rings. The van der Waals surface area contributed by atoms with Crippen molar-refractivity contribution in [1.29, 1.82) is 5.41 Å². The summed E-state index contributed by atoms with van der Waals surface area (Å²) in [5.41, 5.74) is 6.18. The SMILES string of the molecule is N=C(N)c1cc(F)ccc1COc1ccc(F)cc1Cl. The highest BCUT2D eigenvalue weighted by Gasteiger charge is 2.09. The Labute approximate surface area is 119 Å². The molecule has 0 fully saturated rings. The molecule has 0 radical (unpaired) electrons. The molecule has 0 saturated carbocycles. The van der Waals surface area contributed by atoms with Crippen LogP contribution in [0.1, 0.15) is 11.1 Å². The molecule has 0 unspecified atom stereocenters. The van der Waals surface area contributed by atoms with Gasteiger partial charge in [0.05, 0.1) is 5.02 Å². The van der Waals surface area contributed by atoms with E-state index in [1.54, 1.807) is 0 Å². The van der Waals surface area contributed by atoms with E-state index in [9.17, 15) is 8.78 Å². The minimum atomic E-state index is -0.487. The van der Waals surface area contributed by atoms with E-state index >= 15 is 0 Å². The lowest BCUT2D eigenvalue weighted by Crippen LogP contribution is -2.15. The number of nitrogens with two attached hydrogens (primary N) is 1. The van der Waals surface area contributed by atoms with Crippen LogP contribution < -0.4 is 10.5 Å². The zero-order valence-corrected chi connectivity index (χ0v) is 11.0. The van der Waals surface area contributed by atoms with Crippen LogP contribution in [-0.2, 0) is 6.61 Å². The van der Waals surface area contributed by atoms with Gasteiger partial charge in [-0.1, -0.05) is 17.7 Å². The second kappa shape index (κ2) is 5.88. The van der Waals surface area contributed by atoms with Gasteiger partial charge in [-0.2, -0.15) is 0 Å². The van der Waals surface area contributed by atoms with Gasteiger partial charge in [0.1, 0.15) is 29.8 Å². The fraction of sp³-hybridized carbons (Fsp3) is 0.0714. The molecule has 0 saturated heterocycles. The van der Waals surface area contributed by atoms with Gasteiger partial charge in [0.15, 0.2) is 0 Å². The summed E-state index contributed by atoms with van der Waals surface area (Å²) >= 11 is 5.83. The highest BCUT2D eigenvalue weighted by Crippen LogP contribution is 2.26. The molecule has 0 bridgehead atoms. The van der Waals surface area contributed by atoms with Crippen LogP contribution in [0.2, 0.25) is 5.02 Å². The Balaban J connectivity index is 2.20. The molecule has 0 amide bonds. The molecule has 3 nitrogen and oxygen atoms in total. The first-order valence-electron chi connectivity index (χ1n) is 5.68. The predicted molar refractivity (Wildman–Crippen MR) is 73.2 cm³/mol. The molecule has 2 aromatic carbocycles. The Morgan fingerprint density at radius 3 is 2.45 bits per heavy atom. The predicted octanol–water partition coefficient (Wildman–Crippen LogP) is 3.48. The molecule has 0 spiro atoms. The van der Waals surface area contributed by atoms with E-state index in [0.29, 0.717) is 11.3 Å². The summed E-state index contributed by atoms with van der Waals surface area (Å²) in [6.45, 7) is 0.0422. The Morgan fingerprint density at radius 2 is 1.80 bits per heavy atom. The fourth-order valence-corrected chi connectivity index (χ4v) is 1.89. The monoisotopic (exact) mass is 296 g/mol. The van der Waals surface area contributed by atoms with Gasteiger partial charge < -0.3 is 10.5 Å². The number of amidine groups is 1. The lowest BCUT2D eigenvalue weighted by atomic mass is 10.1. The standard InChI is InChI=1S/C14H11ClF2N2O/c15-12-6-10(17)3-4-13(12)20-7-8-1-2-9(16)5-11(8)14(18)19/h1-6H,7H2,(H3,18,19). The average molecular weight is 297 g/mol. The van der Waals surface area contributed by atoms with Crippen LogP contribution in [0.15, 0.2) is 36.4 Å². The number of ether oxygens (including phenoxy) is 1. The number of nitrogen functional groups attached to an aromatic ring is 1. The van der Waals surface area contributed by atoms with Crippen LogP contribution in [0.4, 0.5) is 8.78 Å². The lowest BCUT2D eigenvalue weighted by molar-refractivity contribution is 0.305. The van der Waals surface area contributed by atoms with Gasteiger partial charge in [0.2, 0.25) is 0 Å². The third-order valence-corrected chi connectivity index (χ3v) is 2.93. The number of nitrogens with one attached hydrogen (secondary N) is 1. The molecule has 0 aliphatic heterocycles. The van der Waals surface area contributed by atoms with Crippen LogP contribution >= 0.6 is 11.6 Å². The molecule has 20 heavy (non-hydrogen) atoms. The summed E-state index contributed by atoms with van der Waals surface area (Å²) < 4.78 is 31.5. The largest absolute Gasteiger partial charge is 0.487 e. The number of hydrogen-bond acceptors (Lipinski definition) is 2. The van der Waals surface area contributed by atoms with Crippen molar-refractivity contribution in [2.45, 2.75) is 6.61 Å². The summed E-state index contributed by atoms with van der Waals surface area (Å²) in [4.78, 5) is 0. The maximum Gasteiger partial charge on any atom is 0.138 e. The lowest BCUT2D eigenvalue weighted by Gasteiger charge is -2.11. The van der Waals surface area contributed by atoms with Gasteiger partial charge >= 0.3 is 0 Å². The van der Waals surface area contributed by atoms with Crippen molar-refractivity contribution in [3.05, 3.63) is 64.2 Å². The molecule has 0 aliphatic rings. The number of hydrogen-bond donors (Lipinski definition) is 2. The number of halogens is 3. The van der Waals surface area contributed by atoms with Crippen molar-refractivity contribution in [2.24, 2.45) is 5.73 Å². The van der Waals surface area contributed by atoms with Gasteiger partial charge in [-0.05, 0) is 30.3 Å². The third-order valence-electron chi connectivity index (χ3n) is 2.64. The summed E-state index contributed by atoms with van der Waals surface area (Å²) in [7, 11) is 0. The topological polar surface area (TPSA) is 59.1 Å².